The molecule has 2 atom stereocenters. The summed E-state index contributed by atoms with van der Waals surface area (Å²) in [5.41, 5.74) is 12.1. The van der Waals surface area contributed by atoms with Crippen LogP contribution < -0.4 is 21.1 Å². The van der Waals surface area contributed by atoms with Crippen LogP contribution in [-0.2, 0) is 29.0 Å². The number of thioether (sulfide) groups is 1. The maximum Gasteiger partial charge on any atom is 0.255 e. The number of benzene rings is 4. The Bertz CT molecular complexity index is 2390. The Labute approximate surface area is 353 Å². The molecule has 4 aliphatic rings. The van der Waals surface area contributed by atoms with Crippen LogP contribution >= 0.6 is 11.8 Å². The topological polar surface area (TPSA) is 152 Å². The highest BCUT2D eigenvalue weighted by atomic mass is 32.2. The lowest BCUT2D eigenvalue weighted by atomic mass is 9.86. The summed E-state index contributed by atoms with van der Waals surface area (Å²) in [5, 5.41) is 10.9. The molecule has 4 N–H and O–H groups in total. The van der Waals surface area contributed by atoms with Crippen LogP contribution in [0.3, 0.4) is 0 Å². The fourth-order valence-corrected chi connectivity index (χ4v) is 10.3. The molecular weight excluding hydrogens is 775 g/mol. The van der Waals surface area contributed by atoms with Gasteiger partial charge in [0.2, 0.25) is 11.8 Å². The lowest BCUT2D eigenvalue weighted by molar-refractivity contribution is -0.136. The summed E-state index contributed by atoms with van der Waals surface area (Å²) in [6.45, 7) is 4.22. The molecule has 9 rings (SSSR count). The minimum atomic E-state index is -0.609. The normalized spacial score (nSPS) is 19.4. The molecular formula is C47H49N7O5S. The predicted molar refractivity (Wildman–Crippen MR) is 231 cm³/mol. The first-order chi connectivity index (χ1) is 29.3. The monoisotopic (exact) mass is 823 g/mol. The average molecular weight is 824 g/mol. The zero-order valence-electron chi connectivity index (χ0n) is 33.5. The van der Waals surface area contributed by atoms with E-state index in [-0.39, 0.29) is 30.2 Å². The first-order valence-corrected chi connectivity index (χ1v) is 22.0. The molecule has 0 aliphatic carbocycles. The van der Waals surface area contributed by atoms with E-state index < -0.39 is 11.9 Å². The van der Waals surface area contributed by atoms with Gasteiger partial charge in [-0.2, -0.15) is 5.10 Å². The van der Waals surface area contributed by atoms with E-state index in [9.17, 15) is 19.2 Å². The number of fused-ring (bicyclic) bond motifs is 2. The zero-order valence-corrected chi connectivity index (χ0v) is 34.3. The Morgan fingerprint density at radius 1 is 0.833 bits per heavy atom. The lowest BCUT2D eigenvalue weighted by Crippen LogP contribution is -2.52. The third kappa shape index (κ3) is 8.28. The van der Waals surface area contributed by atoms with Crippen molar-refractivity contribution in [1.29, 1.82) is 0 Å². The van der Waals surface area contributed by atoms with E-state index in [4.69, 9.17) is 15.6 Å². The van der Waals surface area contributed by atoms with E-state index in [0.29, 0.717) is 41.5 Å². The molecule has 2 unspecified atom stereocenters. The van der Waals surface area contributed by atoms with E-state index >= 15 is 0 Å². The summed E-state index contributed by atoms with van der Waals surface area (Å²) in [6.07, 6.45) is 5.59. The predicted octanol–water partition coefficient (Wildman–Crippen LogP) is 6.85. The largest absolute Gasteiger partial charge is 0.457 e. The minimum absolute atomic E-state index is 0.139. The van der Waals surface area contributed by atoms with Crippen molar-refractivity contribution in [3.63, 3.8) is 0 Å². The van der Waals surface area contributed by atoms with Gasteiger partial charge >= 0.3 is 0 Å². The lowest BCUT2D eigenvalue weighted by Gasteiger charge is -2.38. The number of imide groups is 1. The van der Waals surface area contributed by atoms with Gasteiger partial charge in [0.15, 0.2) is 0 Å². The van der Waals surface area contributed by atoms with Gasteiger partial charge in [-0.25, -0.2) is 4.68 Å². The quantitative estimate of drug-likeness (QED) is 0.0856. The van der Waals surface area contributed by atoms with Crippen molar-refractivity contribution in [1.82, 2.24) is 24.9 Å². The number of likely N-dealkylation sites (tertiary alicyclic amines) is 1. The van der Waals surface area contributed by atoms with Crippen molar-refractivity contribution in [3.8, 4) is 22.8 Å². The van der Waals surface area contributed by atoms with Crippen LogP contribution in [0.5, 0.6) is 11.5 Å². The standard InChI is InChI=1S/C47H49N7O5S/c48-44(56)42-43(33-13-15-35(16-14-33)59-34-5-2-1-3-6-34)51-54-38(19-24-49-45(42)54)32-21-26-52(27-22-32)25-20-30-9-11-31(12-10-30)23-28-60-40-8-4-7-36-37(40)29-53(47(36)58)39-17-18-41(55)50-46(39)57/h1-16,32,38-39,49H,17-29H2,(H2,48,56)(H,50,55,57). The van der Waals surface area contributed by atoms with Gasteiger partial charge in [0.1, 0.15) is 34.6 Å². The number of hydrogen-bond donors (Lipinski definition) is 3. The third-order valence-electron chi connectivity index (χ3n) is 12.4. The van der Waals surface area contributed by atoms with Crippen molar-refractivity contribution < 1.29 is 23.9 Å². The maximum absolute atomic E-state index is 13.2. The number of nitrogens with one attached hydrogen (secondary N) is 2. The summed E-state index contributed by atoms with van der Waals surface area (Å²) in [5.74, 6) is 2.22. The Balaban J connectivity index is 0.757. The fraction of sp³-hybridized carbons (Fsp3) is 0.340. The van der Waals surface area contributed by atoms with Crippen LogP contribution in [0, 0.1) is 5.92 Å². The van der Waals surface area contributed by atoms with Crippen LogP contribution in [0.25, 0.3) is 11.3 Å². The van der Waals surface area contributed by atoms with E-state index in [1.54, 1.807) is 16.7 Å². The van der Waals surface area contributed by atoms with Crippen molar-refractivity contribution in [2.45, 2.75) is 68.5 Å². The van der Waals surface area contributed by atoms with Gasteiger partial charge in [-0.15, -0.1) is 11.8 Å². The molecule has 2 saturated heterocycles. The molecule has 308 valence electrons. The molecule has 4 aliphatic heterocycles. The average Bonchev–Trinajstić information content (AvgIpc) is 3.83. The van der Waals surface area contributed by atoms with Gasteiger partial charge in [0.25, 0.3) is 11.8 Å². The van der Waals surface area contributed by atoms with Crippen LogP contribution in [0.2, 0.25) is 0 Å². The van der Waals surface area contributed by atoms with Gasteiger partial charge < -0.3 is 25.6 Å². The molecule has 0 saturated carbocycles. The number of rotatable bonds is 13. The summed E-state index contributed by atoms with van der Waals surface area (Å²) >= 11 is 1.74. The van der Waals surface area contributed by atoms with Gasteiger partial charge in [-0.3, -0.25) is 24.5 Å². The number of piperidine rings is 2. The SMILES string of the molecule is NC(=O)c1c(-c2ccc(Oc3ccccc3)cc2)nn2c1NCCC2C1CCN(CCc2ccc(CCSc3cccc4c3CN(C3CCC(=O)NC3=O)C4=O)cc2)CC1. The third-order valence-corrected chi connectivity index (χ3v) is 13.5. The summed E-state index contributed by atoms with van der Waals surface area (Å²) in [4.78, 5) is 55.5. The van der Waals surface area contributed by atoms with Gasteiger partial charge in [-0.1, -0.05) is 48.5 Å². The Kier molecular flexibility index (Phi) is 11.4. The van der Waals surface area contributed by atoms with E-state index in [1.807, 2.05) is 71.4 Å². The number of primary amides is 1. The molecule has 4 amide bonds. The number of aryl methyl sites for hydroxylation is 1. The van der Waals surface area contributed by atoms with E-state index in [0.717, 1.165) is 91.6 Å². The number of aromatic nitrogens is 2. The van der Waals surface area contributed by atoms with Crippen molar-refractivity contribution in [2.75, 3.05) is 37.2 Å². The molecule has 4 aromatic carbocycles. The van der Waals surface area contributed by atoms with E-state index in [2.05, 4.69) is 45.9 Å². The maximum atomic E-state index is 13.2. The Hall–Kier alpha value is -5.92. The van der Waals surface area contributed by atoms with Gasteiger partial charge in [0.05, 0.1) is 6.04 Å². The first kappa shape index (κ1) is 39.5. The highest BCUT2D eigenvalue weighted by molar-refractivity contribution is 7.99. The Morgan fingerprint density at radius 3 is 2.30 bits per heavy atom. The number of nitrogens with zero attached hydrogens (tertiary/aromatic N) is 4. The minimum Gasteiger partial charge on any atom is -0.457 e. The molecule has 2 fully saturated rings. The second kappa shape index (κ2) is 17.4. The molecule has 60 heavy (non-hydrogen) atoms. The number of amides is 4. The molecule has 0 bridgehead atoms. The van der Waals surface area contributed by atoms with Crippen LogP contribution in [0.4, 0.5) is 5.82 Å². The highest BCUT2D eigenvalue weighted by Gasteiger charge is 2.40. The Morgan fingerprint density at radius 2 is 1.57 bits per heavy atom. The number of nitrogens with two attached hydrogens (primary N) is 1. The number of ether oxygens (including phenoxy) is 1. The second-order valence-corrected chi connectivity index (χ2v) is 17.3. The molecule has 5 heterocycles. The van der Waals surface area contributed by atoms with Crippen molar-refractivity contribution >= 4 is 41.2 Å². The van der Waals surface area contributed by atoms with Crippen LogP contribution in [-0.4, -0.2) is 81.2 Å². The molecule has 0 radical (unpaired) electrons. The number of para-hydroxylation sites is 1. The van der Waals surface area contributed by atoms with Crippen molar-refractivity contribution in [2.24, 2.45) is 11.7 Å². The van der Waals surface area contributed by atoms with Gasteiger partial charge in [0, 0.05) is 47.8 Å². The van der Waals surface area contributed by atoms with Crippen LogP contribution in [0.1, 0.15) is 75.6 Å². The zero-order chi connectivity index (χ0) is 41.2. The smallest absolute Gasteiger partial charge is 0.255 e. The molecule has 0 spiro atoms. The summed E-state index contributed by atoms with van der Waals surface area (Å²) in [6, 6.07) is 31.6. The van der Waals surface area contributed by atoms with E-state index in [1.165, 1.54) is 11.1 Å². The van der Waals surface area contributed by atoms with Crippen molar-refractivity contribution in [3.05, 3.63) is 125 Å². The summed E-state index contributed by atoms with van der Waals surface area (Å²) < 4.78 is 8.02. The number of carbonyl (C=O) groups is 4. The number of carbonyl (C=O) groups excluding carboxylic acids is 4. The number of anilines is 1. The first-order valence-electron chi connectivity index (χ1n) is 21.0. The van der Waals surface area contributed by atoms with Gasteiger partial charge in [-0.05, 0) is 123 Å². The molecule has 12 nitrogen and oxygen atoms in total. The second-order valence-electron chi connectivity index (χ2n) is 16.1. The van der Waals surface area contributed by atoms with Crippen LogP contribution in [0.15, 0.2) is 102 Å². The summed E-state index contributed by atoms with van der Waals surface area (Å²) in [7, 11) is 0. The number of hydrogen-bond acceptors (Lipinski definition) is 9. The molecule has 1 aromatic heterocycles. The highest BCUT2D eigenvalue weighted by Crippen LogP contribution is 2.40. The fourth-order valence-electron chi connectivity index (χ4n) is 9.17. The molecule has 13 heteroatoms. The molecule has 5 aromatic rings.